The van der Waals surface area contributed by atoms with E-state index in [4.69, 9.17) is 23.2 Å². The van der Waals surface area contributed by atoms with Crippen LogP contribution in [0.15, 0.2) is 18.2 Å². The van der Waals surface area contributed by atoms with Crippen LogP contribution in [0, 0.1) is 5.92 Å². The van der Waals surface area contributed by atoms with Gasteiger partial charge in [0.15, 0.2) is 0 Å². The lowest BCUT2D eigenvalue weighted by Crippen LogP contribution is -2.35. The van der Waals surface area contributed by atoms with Gasteiger partial charge in [-0.05, 0) is 24.5 Å². The van der Waals surface area contributed by atoms with Gasteiger partial charge >= 0.3 is 0 Å². The van der Waals surface area contributed by atoms with Crippen LogP contribution in [0.3, 0.4) is 0 Å². The molecule has 18 heavy (non-hydrogen) atoms. The molecule has 0 atom stereocenters. The van der Waals surface area contributed by atoms with E-state index in [-0.39, 0.29) is 11.8 Å². The van der Waals surface area contributed by atoms with Crippen molar-refractivity contribution in [2.45, 2.75) is 39.3 Å². The molecule has 0 spiro atoms. The van der Waals surface area contributed by atoms with Crippen LogP contribution in [0.25, 0.3) is 0 Å². The highest BCUT2D eigenvalue weighted by Gasteiger charge is 2.33. The fourth-order valence-electron chi connectivity index (χ4n) is 1.96. The molecule has 1 saturated carbocycles. The molecule has 4 heteroatoms. The van der Waals surface area contributed by atoms with Crippen LogP contribution < -0.4 is 0 Å². The zero-order valence-electron chi connectivity index (χ0n) is 10.6. The minimum Gasteiger partial charge on any atom is -0.335 e. The Balaban J connectivity index is 2.19. The number of benzene rings is 1. The van der Waals surface area contributed by atoms with Gasteiger partial charge in [0, 0.05) is 18.5 Å². The number of hydrogen-bond acceptors (Lipinski definition) is 1. The smallest absolute Gasteiger partial charge is 0.225 e. The van der Waals surface area contributed by atoms with Crippen molar-refractivity contribution in [3.63, 3.8) is 0 Å². The van der Waals surface area contributed by atoms with Gasteiger partial charge in [-0.25, -0.2) is 0 Å². The molecule has 1 aromatic rings. The SMILES string of the molecule is CC(C)C(=O)N(Cc1cccc(Cl)c1Cl)C1CC1. The zero-order valence-corrected chi connectivity index (χ0v) is 12.1. The normalized spacial score (nSPS) is 14.9. The van der Waals surface area contributed by atoms with E-state index in [2.05, 4.69) is 0 Å². The molecule has 0 N–H and O–H groups in total. The summed E-state index contributed by atoms with van der Waals surface area (Å²) in [6.07, 6.45) is 2.19. The lowest BCUT2D eigenvalue weighted by atomic mass is 10.1. The molecule has 0 heterocycles. The number of hydrogen-bond donors (Lipinski definition) is 0. The van der Waals surface area contributed by atoms with E-state index in [0.717, 1.165) is 18.4 Å². The van der Waals surface area contributed by atoms with Gasteiger partial charge < -0.3 is 4.90 Å². The number of carbonyl (C=O) groups excluding carboxylic acids is 1. The molecule has 0 aromatic heterocycles. The highest BCUT2D eigenvalue weighted by molar-refractivity contribution is 6.42. The summed E-state index contributed by atoms with van der Waals surface area (Å²) in [4.78, 5) is 14.1. The van der Waals surface area contributed by atoms with Crippen LogP contribution in [-0.4, -0.2) is 16.8 Å². The highest BCUT2D eigenvalue weighted by Crippen LogP contribution is 2.32. The first-order valence-electron chi connectivity index (χ1n) is 6.24. The Morgan fingerprint density at radius 1 is 1.39 bits per heavy atom. The molecule has 2 rings (SSSR count). The minimum atomic E-state index is 0.0172. The second-order valence-corrected chi connectivity index (χ2v) is 5.85. The van der Waals surface area contributed by atoms with E-state index in [1.54, 1.807) is 6.07 Å². The first kappa shape index (κ1) is 13.7. The summed E-state index contributed by atoms with van der Waals surface area (Å²) in [6.45, 7) is 4.41. The fourth-order valence-corrected chi connectivity index (χ4v) is 2.34. The largest absolute Gasteiger partial charge is 0.335 e. The van der Waals surface area contributed by atoms with E-state index in [1.165, 1.54) is 0 Å². The molecule has 1 amide bonds. The van der Waals surface area contributed by atoms with Crippen molar-refractivity contribution in [3.05, 3.63) is 33.8 Å². The van der Waals surface area contributed by atoms with Crippen LogP contribution in [-0.2, 0) is 11.3 Å². The molecule has 98 valence electrons. The van der Waals surface area contributed by atoms with E-state index in [9.17, 15) is 4.79 Å². The summed E-state index contributed by atoms with van der Waals surface area (Å²) in [5.74, 6) is 0.206. The molecular weight excluding hydrogens is 269 g/mol. The van der Waals surface area contributed by atoms with Crippen molar-refractivity contribution in [1.82, 2.24) is 4.90 Å². The zero-order chi connectivity index (χ0) is 13.3. The Morgan fingerprint density at radius 2 is 2.06 bits per heavy atom. The maximum Gasteiger partial charge on any atom is 0.225 e. The van der Waals surface area contributed by atoms with E-state index < -0.39 is 0 Å². The van der Waals surface area contributed by atoms with Crippen molar-refractivity contribution < 1.29 is 4.79 Å². The van der Waals surface area contributed by atoms with Gasteiger partial charge in [0.05, 0.1) is 10.0 Å². The molecule has 2 nitrogen and oxygen atoms in total. The van der Waals surface area contributed by atoms with Gasteiger partial charge in [0.25, 0.3) is 0 Å². The predicted octanol–water partition coefficient (Wildman–Crippen LogP) is 4.14. The van der Waals surface area contributed by atoms with E-state index in [0.29, 0.717) is 22.6 Å². The molecule has 0 bridgehead atoms. The topological polar surface area (TPSA) is 20.3 Å². The summed E-state index contributed by atoms with van der Waals surface area (Å²) in [5, 5.41) is 1.10. The summed E-state index contributed by atoms with van der Waals surface area (Å²) in [6, 6.07) is 5.94. The third kappa shape index (κ3) is 2.99. The van der Waals surface area contributed by atoms with Crippen LogP contribution in [0.4, 0.5) is 0 Å². The van der Waals surface area contributed by atoms with E-state index >= 15 is 0 Å². The second kappa shape index (κ2) is 5.50. The fraction of sp³-hybridized carbons (Fsp3) is 0.500. The van der Waals surface area contributed by atoms with Crippen molar-refractivity contribution in [1.29, 1.82) is 0 Å². The number of halogens is 2. The molecule has 0 aliphatic heterocycles. The molecule has 0 saturated heterocycles. The highest BCUT2D eigenvalue weighted by atomic mass is 35.5. The summed E-state index contributed by atoms with van der Waals surface area (Å²) in [5.41, 5.74) is 0.921. The quantitative estimate of drug-likeness (QED) is 0.814. The Hall–Kier alpha value is -0.730. The Bertz CT molecular complexity index is 455. The van der Waals surface area contributed by atoms with Crippen LogP contribution in [0.2, 0.25) is 10.0 Å². The molecule has 1 aromatic carbocycles. The summed E-state index contributed by atoms with van der Waals surface area (Å²) >= 11 is 12.2. The molecule has 0 unspecified atom stereocenters. The number of amides is 1. The minimum absolute atomic E-state index is 0.0172. The van der Waals surface area contributed by atoms with Gasteiger partial charge in [-0.1, -0.05) is 49.2 Å². The summed E-state index contributed by atoms with van der Waals surface area (Å²) in [7, 11) is 0. The average molecular weight is 286 g/mol. The van der Waals surface area contributed by atoms with Gasteiger partial charge in [0.2, 0.25) is 5.91 Å². The molecule has 1 aliphatic rings. The third-order valence-electron chi connectivity index (χ3n) is 3.14. The molecule has 1 fully saturated rings. The van der Waals surface area contributed by atoms with Gasteiger partial charge in [-0.3, -0.25) is 4.79 Å². The number of carbonyl (C=O) groups is 1. The monoisotopic (exact) mass is 285 g/mol. The Labute approximate surface area is 118 Å². The average Bonchev–Trinajstić information content (AvgIpc) is 3.14. The van der Waals surface area contributed by atoms with Gasteiger partial charge in [-0.15, -0.1) is 0 Å². The third-order valence-corrected chi connectivity index (χ3v) is 3.99. The lowest BCUT2D eigenvalue weighted by molar-refractivity contribution is -0.135. The molecule has 0 radical (unpaired) electrons. The molecule has 1 aliphatic carbocycles. The standard InChI is InChI=1S/C14H17Cl2NO/c1-9(2)14(18)17(11-6-7-11)8-10-4-3-5-12(15)13(10)16/h3-5,9,11H,6-8H2,1-2H3. The van der Waals surface area contributed by atoms with E-state index in [1.807, 2.05) is 30.9 Å². The number of nitrogens with zero attached hydrogens (tertiary/aromatic N) is 1. The van der Waals surface area contributed by atoms with Crippen molar-refractivity contribution in [2.75, 3.05) is 0 Å². The van der Waals surface area contributed by atoms with Crippen molar-refractivity contribution in [2.24, 2.45) is 5.92 Å². The van der Waals surface area contributed by atoms with Gasteiger partial charge in [-0.2, -0.15) is 0 Å². The Kier molecular flexibility index (Phi) is 4.18. The first-order chi connectivity index (χ1) is 8.50. The van der Waals surface area contributed by atoms with Crippen LogP contribution in [0.5, 0.6) is 0 Å². The molecular formula is C14H17Cl2NO. The lowest BCUT2D eigenvalue weighted by Gasteiger charge is -2.25. The number of rotatable bonds is 4. The predicted molar refractivity (Wildman–Crippen MR) is 74.9 cm³/mol. The Morgan fingerprint density at radius 3 is 2.61 bits per heavy atom. The maximum atomic E-state index is 12.2. The summed E-state index contributed by atoms with van der Waals surface area (Å²) < 4.78 is 0. The van der Waals surface area contributed by atoms with Crippen LogP contribution in [0.1, 0.15) is 32.3 Å². The second-order valence-electron chi connectivity index (χ2n) is 5.06. The maximum absolute atomic E-state index is 12.2. The first-order valence-corrected chi connectivity index (χ1v) is 6.99. The van der Waals surface area contributed by atoms with Crippen molar-refractivity contribution >= 4 is 29.1 Å². The van der Waals surface area contributed by atoms with Crippen molar-refractivity contribution in [3.8, 4) is 0 Å². The van der Waals surface area contributed by atoms with Gasteiger partial charge in [0.1, 0.15) is 0 Å². The van der Waals surface area contributed by atoms with Crippen LogP contribution >= 0.6 is 23.2 Å².